The van der Waals surface area contributed by atoms with Crippen LogP contribution >= 0.6 is 11.6 Å². The molecule has 0 radical (unpaired) electrons. The van der Waals surface area contributed by atoms with Crippen LogP contribution in [0.25, 0.3) is 0 Å². The summed E-state index contributed by atoms with van der Waals surface area (Å²) in [6, 6.07) is 9.82. The fraction of sp³-hybridized carbons (Fsp3) is 0.318. The highest BCUT2D eigenvalue weighted by Crippen LogP contribution is 2.29. The number of ether oxygens (including phenoxy) is 2. The van der Waals surface area contributed by atoms with E-state index in [0.717, 1.165) is 40.2 Å². The summed E-state index contributed by atoms with van der Waals surface area (Å²) in [5, 5.41) is 4.44. The van der Waals surface area contributed by atoms with E-state index >= 15 is 0 Å². The average molecular weight is 388 g/mol. The van der Waals surface area contributed by atoms with E-state index in [2.05, 4.69) is 9.99 Å². The number of aryl methyl sites for hydroxylation is 2. The van der Waals surface area contributed by atoms with Crippen molar-refractivity contribution in [3.63, 3.8) is 0 Å². The van der Waals surface area contributed by atoms with Crippen molar-refractivity contribution in [2.24, 2.45) is 5.16 Å². The summed E-state index contributed by atoms with van der Waals surface area (Å²) >= 11 is 6.35. The summed E-state index contributed by atoms with van der Waals surface area (Å²) in [6.45, 7) is 7.15. The summed E-state index contributed by atoms with van der Waals surface area (Å²) < 4.78 is 11.7. The normalized spacial score (nSPS) is 11.3. The molecule has 0 heterocycles. The zero-order valence-corrected chi connectivity index (χ0v) is 17.0. The van der Waals surface area contributed by atoms with Gasteiger partial charge in [-0.3, -0.25) is 0 Å². The van der Waals surface area contributed by atoms with Crippen LogP contribution in [0.5, 0.6) is 11.5 Å². The second-order valence-corrected chi connectivity index (χ2v) is 6.54. The van der Waals surface area contributed by atoms with Crippen LogP contribution in [0, 0.1) is 13.8 Å². The van der Waals surface area contributed by atoms with Crippen molar-refractivity contribution in [1.82, 2.24) is 0 Å². The lowest BCUT2D eigenvalue weighted by Crippen LogP contribution is -2.05. The summed E-state index contributed by atoms with van der Waals surface area (Å²) in [5.74, 6) is 1.75. The van der Waals surface area contributed by atoms with E-state index in [9.17, 15) is 0 Å². The Hall–Kier alpha value is -2.46. The zero-order valence-electron chi connectivity index (χ0n) is 16.3. The molecular weight excluding hydrogens is 362 g/mol. The zero-order chi connectivity index (χ0) is 19.6. The van der Waals surface area contributed by atoms with Gasteiger partial charge in [0, 0.05) is 11.4 Å². The van der Waals surface area contributed by atoms with Crippen LogP contribution < -0.4 is 9.47 Å². The molecule has 0 unspecified atom stereocenters. The van der Waals surface area contributed by atoms with E-state index in [0.29, 0.717) is 18.2 Å². The molecule has 0 bridgehead atoms. The molecule has 144 valence electrons. The van der Waals surface area contributed by atoms with Crippen molar-refractivity contribution in [2.75, 3.05) is 20.3 Å². The molecule has 4 nitrogen and oxygen atoms in total. The van der Waals surface area contributed by atoms with Gasteiger partial charge in [-0.15, -0.1) is 0 Å². The quantitative estimate of drug-likeness (QED) is 0.323. The number of nitrogens with zero attached hydrogens (tertiary/aromatic N) is 1. The van der Waals surface area contributed by atoms with Crippen molar-refractivity contribution >= 4 is 17.8 Å². The molecule has 0 fully saturated rings. The van der Waals surface area contributed by atoms with Crippen LogP contribution in [-0.2, 0) is 11.3 Å². The van der Waals surface area contributed by atoms with Crippen molar-refractivity contribution in [2.45, 2.75) is 27.2 Å². The Bertz CT molecular complexity index is 792. The predicted molar refractivity (Wildman–Crippen MR) is 111 cm³/mol. The first-order valence-corrected chi connectivity index (χ1v) is 9.26. The summed E-state index contributed by atoms with van der Waals surface area (Å²) in [5.41, 5.74) is 4.05. The minimum Gasteiger partial charge on any atom is -0.493 e. The van der Waals surface area contributed by atoms with Gasteiger partial charge in [0.1, 0.15) is 25.2 Å². The van der Waals surface area contributed by atoms with Crippen LogP contribution in [0.15, 0.2) is 47.6 Å². The van der Waals surface area contributed by atoms with E-state index < -0.39 is 0 Å². The summed E-state index contributed by atoms with van der Waals surface area (Å²) in [7, 11) is 1.51. The molecule has 0 aliphatic rings. The van der Waals surface area contributed by atoms with Crippen LogP contribution in [0.3, 0.4) is 0 Å². The van der Waals surface area contributed by atoms with Gasteiger partial charge in [-0.1, -0.05) is 41.0 Å². The standard InChI is InChI=1S/C22H26ClNO3/c1-5-6-10-26-20-12-16(2)22(17(3)13-20)27-11-9-19-8-7-18(14-21(19)23)15-24-25-4/h5-8,12-15H,9-11H2,1-4H3/b6-5+,24-15+. The first kappa shape index (κ1) is 20.8. The molecule has 2 aromatic carbocycles. The Morgan fingerprint density at radius 3 is 2.44 bits per heavy atom. The van der Waals surface area contributed by atoms with Crippen molar-refractivity contribution in [3.05, 3.63) is 69.8 Å². The van der Waals surface area contributed by atoms with Crippen LogP contribution in [0.2, 0.25) is 5.02 Å². The fourth-order valence-corrected chi connectivity index (χ4v) is 2.97. The maximum Gasteiger partial charge on any atom is 0.125 e. The maximum atomic E-state index is 6.35. The van der Waals surface area contributed by atoms with E-state index in [1.165, 1.54) is 7.11 Å². The Morgan fingerprint density at radius 1 is 1.07 bits per heavy atom. The Balaban J connectivity index is 1.97. The number of benzene rings is 2. The number of hydrogen-bond donors (Lipinski definition) is 0. The second-order valence-electron chi connectivity index (χ2n) is 6.13. The van der Waals surface area contributed by atoms with E-state index in [4.69, 9.17) is 21.1 Å². The molecule has 0 aromatic heterocycles. The van der Waals surface area contributed by atoms with Gasteiger partial charge in [0.05, 0.1) is 12.8 Å². The molecule has 27 heavy (non-hydrogen) atoms. The maximum absolute atomic E-state index is 6.35. The summed E-state index contributed by atoms with van der Waals surface area (Å²) in [4.78, 5) is 4.68. The van der Waals surface area contributed by atoms with Crippen LogP contribution in [-0.4, -0.2) is 26.5 Å². The Labute approximate surface area is 166 Å². The number of hydrogen-bond acceptors (Lipinski definition) is 4. The number of rotatable bonds is 9. The highest BCUT2D eigenvalue weighted by Gasteiger charge is 2.08. The highest BCUT2D eigenvalue weighted by molar-refractivity contribution is 6.31. The molecule has 2 rings (SSSR count). The molecule has 0 atom stereocenters. The third-order valence-corrected chi connectivity index (χ3v) is 4.37. The molecular formula is C22H26ClNO3. The van der Waals surface area contributed by atoms with Gasteiger partial charge in [-0.25, -0.2) is 0 Å². The van der Waals surface area contributed by atoms with Gasteiger partial charge in [0.25, 0.3) is 0 Å². The van der Waals surface area contributed by atoms with Gasteiger partial charge in [-0.2, -0.15) is 0 Å². The summed E-state index contributed by atoms with van der Waals surface area (Å²) in [6.07, 6.45) is 6.29. The van der Waals surface area contributed by atoms with Gasteiger partial charge in [-0.05, 0) is 61.2 Å². The van der Waals surface area contributed by atoms with Gasteiger partial charge >= 0.3 is 0 Å². The minimum atomic E-state index is 0.547. The monoisotopic (exact) mass is 387 g/mol. The van der Waals surface area contributed by atoms with E-state index in [1.54, 1.807) is 6.21 Å². The van der Waals surface area contributed by atoms with Crippen molar-refractivity contribution in [3.8, 4) is 11.5 Å². The molecule has 0 saturated carbocycles. The molecule has 0 amide bonds. The van der Waals surface area contributed by atoms with Crippen LogP contribution in [0.4, 0.5) is 0 Å². The molecule has 0 spiro atoms. The number of halogens is 1. The lowest BCUT2D eigenvalue weighted by atomic mass is 10.1. The largest absolute Gasteiger partial charge is 0.493 e. The van der Waals surface area contributed by atoms with Gasteiger partial charge in [0.15, 0.2) is 0 Å². The van der Waals surface area contributed by atoms with E-state index in [1.807, 2.05) is 63.3 Å². The molecule has 2 aromatic rings. The smallest absolute Gasteiger partial charge is 0.125 e. The molecule has 5 heteroatoms. The fourth-order valence-electron chi connectivity index (χ4n) is 2.69. The molecule has 0 aliphatic carbocycles. The SMILES string of the molecule is C/C=C/COc1cc(C)c(OCCc2ccc(/C=N/OC)cc2Cl)c(C)c1. The van der Waals surface area contributed by atoms with Gasteiger partial charge in [0.2, 0.25) is 0 Å². The van der Waals surface area contributed by atoms with Crippen LogP contribution in [0.1, 0.15) is 29.2 Å². The highest BCUT2D eigenvalue weighted by atomic mass is 35.5. The third-order valence-electron chi connectivity index (χ3n) is 4.02. The Kier molecular flexibility index (Phi) is 8.21. The first-order valence-electron chi connectivity index (χ1n) is 8.88. The lowest BCUT2D eigenvalue weighted by molar-refractivity contribution is 0.215. The minimum absolute atomic E-state index is 0.547. The Morgan fingerprint density at radius 2 is 1.81 bits per heavy atom. The van der Waals surface area contributed by atoms with Crippen molar-refractivity contribution < 1.29 is 14.3 Å². The van der Waals surface area contributed by atoms with Crippen molar-refractivity contribution in [1.29, 1.82) is 0 Å². The van der Waals surface area contributed by atoms with E-state index in [-0.39, 0.29) is 0 Å². The first-order chi connectivity index (χ1) is 13.0. The molecule has 0 saturated heterocycles. The van der Waals surface area contributed by atoms with Gasteiger partial charge < -0.3 is 14.3 Å². The number of allylic oxidation sites excluding steroid dienone is 1. The molecule has 0 aliphatic heterocycles. The average Bonchev–Trinajstić information content (AvgIpc) is 2.64. The topological polar surface area (TPSA) is 40.0 Å². The third kappa shape index (κ3) is 6.33. The second kappa shape index (κ2) is 10.6. The number of oxime groups is 1. The molecule has 0 N–H and O–H groups in total. The predicted octanol–water partition coefficient (Wildman–Crippen LogP) is 5.51. The lowest BCUT2D eigenvalue weighted by Gasteiger charge is -2.15.